The molecule has 3 heterocycles. The summed E-state index contributed by atoms with van der Waals surface area (Å²) in [5, 5.41) is 2.31. The van der Waals surface area contributed by atoms with Crippen LogP contribution in [0.25, 0.3) is 27.4 Å². The van der Waals surface area contributed by atoms with Gasteiger partial charge in [0.25, 0.3) is 0 Å². The highest BCUT2D eigenvalue weighted by molar-refractivity contribution is 5.92. The van der Waals surface area contributed by atoms with Gasteiger partial charge in [-0.1, -0.05) is 18.2 Å². The molecule has 4 heteroatoms. The molecule has 0 saturated carbocycles. The first-order chi connectivity index (χ1) is 13.3. The van der Waals surface area contributed by atoms with E-state index in [1.807, 2.05) is 18.5 Å². The van der Waals surface area contributed by atoms with Crippen molar-refractivity contribution in [2.45, 2.75) is 12.8 Å². The lowest BCUT2D eigenvalue weighted by atomic mass is 9.96. The van der Waals surface area contributed by atoms with Crippen molar-refractivity contribution in [2.24, 2.45) is 0 Å². The Morgan fingerprint density at radius 3 is 2.81 bits per heavy atom. The number of hydrogen-bond donors (Lipinski definition) is 2. The van der Waals surface area contributed by atoms with Crippen LogP contribution in [0, 0.1) is 5.82 Å². The van der Waals surface area contributed by atoms with Crippen LogP contribution in [0.2, 0.25) is 0 Å². The summed E-state index contributed by atoms with van der Waals surface area (Å²) in [7, 11) is 0. The molecule has 0 saturated heterocycles. The zero-order valence-corrected chi connectivity index (χ0v) is 15.1. The van der Waals surface area contributed by atoms with Gasteiger partial charge in [-0.2, -0.15) is 0 Å². The van der Waals surface area contributed by atoms with Crippen LogP contribution in [0.3, 0.4) is 0 Å². The van der Waals surface area contributed by atoms with Crippen LogP contribution in [0.1, 0.15) is 17.5 Å². The summed E-state index contributed by atoms with van der Waals surface area (Å²) in [5.41, 5.74) is 6.18. The Labute approximate surface area is 157 Å². The Balaban J connectivity index is 1.29. The Hall–Kier alpha value is -2.85. The fourth-order valence-electron chi connectivity index (χ4n) is 4.16. The largest absolute Gasteiger partial charge is 0.361 e. The number of H-pyrrole nitrogens is 2. The van der Waals surface area contributed by atoms with Crippen molar-refractivity contribution in [1.29, 1.82) is 0 Å². The standard InChI is InChI=1S/C23H22FN3/c24-18-4-5-23-21(14-18)17(15-26-23)9-13-27-11-7-16(8-12-27)19-2-1-3-22-20(19)6-10-25-22/h1-7,10,14-15,25-26H,8-9,11-13H2. The van der Waals surface area contributed by atoms with Crippen LogP contribution < -0.4 is 0 Å². The SMILES string of the molecule is Fc1ccc2[nH]cc(CCN3CC=C(c4cccc5[nH]ccc45)CC3)c2c1. The molecule has 0 atom stereocenters. The van der Waals surface area contributed by atoms with E-state index in [0.29, 0.717) is 0 Å². The molecule has 1 aliphatic rings. The van der Waals surface area contributed by atoms with Crippen molar-refractivity contribution in [3.8, 4) is 0 Å². The number of rotatable bonds is 4. The Kier molecular flexibility index (Phi) is 4.06. The molecule has 0 aliphatic carbocycles. The monoisotopic (exact) mass is 359 g/mol. The molecule has 0 bridgehead atoms. The highest BCUT2D eigenvalue weighted by Gasteiger charge is 2.15. The highest BCUT2D eigenvalue weighted by Crippen LogP contribution is 2.29. The molecule has 27 heavy (non-hydrogen) atoms. The molecule has 136 valence electrons. The smallest absolute Gasteiger partial charge is 0.123 e. The van der Waals surface area contributed by atoms with Crippen molar-refractivity contribution in [3.05, 3.63) is 77.9 Å². The summed E-state index contributed by atoms with van der Waals surface area (Å²) >= 11 is 0. The summed E-state index contributed by atoms with van der Waals surface area (Å²) < 4.78 is 13.5. The molecule has 2 aromatic carbocycles. The molecule has 1 aliphatic heterocycles. The maximum absolute atomic E-state index is 13.5. The second-order valence-electron chi connectivity index (χ2n) is 7.28. The number of aromatic amines is 2. The van der Waals surface area contributed by atoms with Crippen LogP contribution in [0.15, 0.2) is 60.9 Å². The second kappa shape index (κ2) is 6.71. The van der Waals surface area contributed by atoms with Crippen molar-refractivity contribution in [1.82, 2.24) is 14.9 Å². The van der Waals surface area contributed by atoms with E-state index in [1.165, 1.54) is 33.7 Å². The van der Waals surface area contributed by atoms with Crippen molar-refractivity contribution in [3.63, 3.8) is 0 Å². The van der Waals surface area contributed by atoms with Gasteiger partial charge in [0.1, 0.15) is 5.82 Å². The maximum atomic E-state index is 13.5. The van der Waals surface area contributed by atoms with Crippen LogP contribution in [0.5, 0.6) is 0 Å². The summed E-state index contributed by atoms with van der Waals surface area (Å²) in [4.78, 5) is 9.01. The average molecular weight is 359 g/mol. The lowest BCUT2D eigenvalue weighted by Crippen LogP contribution is -2.30. The van der Waals surface area contributed by atoms with Gasteiger partial charge in [0, 0.05) is 53.8 Å². The number of aromatic nitrogens is 2. The number of hydrogen-bond acceptors (Lipinski definition) is 1. The molecular formula is C23H22FN3. The van der Waals surface area contributed by atoms with E-state index in [9.17, 15) is 4.39 Å². The molecule has 0 amide bonds. The molecular weight excluding hydrogens is 337 g/mol. The first-order valence-corrected chi connectivity index (χ1v) is 9.51. The quantitative estimate of drug-likeness (QED) is 0.521. The van der Waals surface area contributed by atoms with E-state index in [2.05, 4.69) is 45.2 Å². The fraction of sp³-hybridized carbons (Fsp3) is 0.217. The predicted molar refractivity (Wildman–Crippen MR) is 109 cm³/mol. The number of benzene rings is 2. The number of fused-ring (bicyclic) bond motifs is 2. The normalized spacial score (nSPS) is 15.5. The Morgan fingerprint density at radius 1 is 1.00 bits per heavy atom. The van der Waals surface area contributed by atoms with E-state index < -0.39 is 0 Å². The molecule has 0 fully saturated rings. The number of nitrogens with one attached hydrogen (secondary N) is 2. The lowest BCUT2D eigenvalue weighted by Gasteiger charge is -2.26. The molecule has 3 nitrogen and oxygen atoms in total. The van der Waals surface area contributed by atoms with Crippen molar-refractivity contribution < 1.29 is 4.39 Å². The van der Waals surface area contributed by atoms with Gasteiger partial charge >= 0.3 is 0 Å². The van der Waals surface area contributed by atoms with Gasteiger partial charge < -0.3 is 9.97 Å². The van der Waals surface area contributed by atoms with Crippen LogP contribution in [-0.2, 0) is 6.42 Å². The van der Waals surface area contributed by atoms with E-state index in [-0.39, 0.29) is 5.82 Å². The van der Waals surface area contributed by atoms with E-state index >= 15 is 0 Å². The first kappa shape index (κ1) is 16.3. The zero-order valence-electron chi connectivity index (χ0n) is 15.1. The maximum Gasteiger partial charge on any atom is 0.123 e. The Morgan fingerprint density at radius 2 is 1.93 bits per heavy atom. The minimum atomic E-state index is -0.173. The minimum Gasteiger partial charge on any atom is -0.361 e. The van der Waals surface area contributed by atoms with Gasteiger partial charge in [0.05, 0.1) is 0 Å². The summed E-state index contributed by atoms with van der Waals surface area (Å²) in [6, 6.07) is 13.6. The van der Waals surface area contributed by atoms with Crippen molar-refractivity contribution in [2.75, 3.05) is 19.6 Å². The third kappa shape index (κ3) is 3.06. The Bertz CT molecular complexity index is 1130. The van der Waals surface area contributed by atoms with Crippen molar-refractivity contribution >= 4 is 27.4 Å². The zero-order chi connectivity index (χ0) is 18.2. The molecule has 4 aromatic rings. The summed E-state index contributed by atoms with van der Waals surface area (Å²) in [6.45, 7) is 3.01. The molecule has 5 rings (SSSR count). The topological polar surface area (TPSA) is 34.8 Å². The van der Waals surface area contributed by atoms with E-state index in [4.69, 9.17) is 0 Å². The number of nitrogens with zero attached hydrogens (tertiary/aromatic N) is 1. The van der Waals surface area contributed by atoms with Gasteiger partial charge in [-0.05, 0) is 59.9 Å². The minimum absolute atomic E-state index is 0.173. The molecule has 2 N–H and O–H groups in total. The van der Waals surface area contributed by atoms with Crippen LogP contribution in [-0.4, -0.2) is 34.5 Å². The van der Waals surface area contributed by atoms with Gasteiger partial charge in [0.15, 0.2) is 0 Å². The second-order valence-corrected chi connectivity index (χ2v) is 7.28. The number of halogens is 1. The molecule has 0 radical (unpaired) electrons. The third-order valence-electron chi connectivity index (χ3n) is 5.66. The first-order valence-electron chi connectivity index (χ1n) is 9.51. The summed E-state index contributed by atoms with van der Waals surface area (Å²) in [6.07, 6.45) is 8.38. The molecule has 2 aromatic heterocycles. The van der Waals surface area contributed by atoms with Crippen LogP contribution >= 0.6 is 0 Å². The highest BCUT2D eigenvalue weighted by atomic mass is 19.1. The molecule has 0 unspecified atom stereocenters. The van der Waals surface area contributed by atoms with Gasteiger partial charge in [-0.15, -0.1) is 0 Å². The lowest BCUT2D eigenvalue weighted by molar-refractivity contribution is 0.306. The molecule has 0 spiro atoms. The van der Waals surface area contributed by atoms with E-state index in [1.54, 1.807) is 6.07 Å². The van der Waals surface area contributed by atoms with Crippen LogP contribution in [0.4, 0.5) is 4.39 Å². The van der Waals surface area contributed by atoms with E-state index in [0.717, 1.165) is 43.4 Å². The summed E-state index contributed by atoms with van der Waals surface area (Å²) in [5.74, 6) is -0.173. The van der Waals surface area contributed by atoms with Gasteiger partial charge in [-0.3, -0.25) is 4.90 Å². The third-order valence-corrected chi connectivity index (χ3v) is 5.66. The van der Waals surface area contributed by atoms with Gasteiger partial charge in [-0.25, -0.2) is 4.39 Å². The average Bonchev–Trinajstić information content (AvgIpc) is 3.33. The fourth-order valence-corrected chi connectivity index (χ4v) is 4.16. The van der Waals surface area contributed by atoms with Gasteiger partial charge in [0.2, 0.25) is 0 Å². The predicted octanol–water partition coefficient (Wildman–Crippen LogP) is 5.12.